The van der Waals surface area contributed by atoms with E-state index in [0.29, 0.717) is 18.9 Å². The molecule has 1 fully saturated rings. The van der Waals surface area contributed by atoms with Crippen molar-refractivity contribution in [1.29, 1.82) is 0 Å². The summed E-state index contributed by atoms with van der Waals surface area (Å²) in [5.74, 6) is 0.0886. The van der Waals surface area contributed by atoms with E-state index in [1.165, 1.54) is 12.1 Å². The van der Waals surface area contributed by atoms with Gasteiger partial charge >= 0.3 is 6.18 Å². The molecular formula is C25H25F3N4O3. The van der Waals surface area contributed by atoms with Gasteiger partial charge in [0.25, 0.3) is 0 Å². The van der Waals surface area contributed by atoms with Crippen LogP contribution in [0.2, 0.25) is 0 Å². The third-order valence-electron chi connectivity index (χ3n) is 5.70. The smallest absolute Gasteiger partial charge is 0.378 e. The third-order valence-corrected chi connectivity index (χ3v) is 5.70. The Labute approximate surface area is 200 Å². The molecule has 0 saturated carbocycles. The van der Waals surface area contributed by atoms with E-state index in [2.05, 4.69) is 15.5 Å². The second kappa shape index (κ2) is 10.3. The molecule has 3 aromatic rings. The third kappa shape index (κ3) is 6.27. The maximum Gasteiger partial charge on any atom is 0.416 e. The van der Waals surface area contributed by atoms with E-state index in [-0.39, 0.29) is 24.4 Å². The van der Waals surface area contributed by atoms with Crippen molar-refractivity contribution in [2.24, 2.45) is 0 Å². The Morgan fingerprint density at radius 1 is 0.943 bits per heavy atom. The molecule has 0 bridgehead atoms. The highest BCUT2D eigenvalue weighted by atomic mass is 19.4. The number of alkyl halides is 3. The SMILES string of the molecule is Cc1cc(N2CCOCC2)nc2ccc(NC(=O)CCC(=O)Nc3ccc(C(F)(F)F)cc3)cc12. The van der Waals surface area contributed by atoms with Gasteiger partial charge in [-0.1, -0.05) is 0 Å². The summed E-state index contributed by atoms with van der Waals surface area (Å²) in [6.07, 6.45) is -4.62. The average Bonchev–Trinajstić information content (AvgIpc) is 2.83. The molecule has 4 rings (SSSR count). The van der Waals surface area contributed by atoms with Crippen LogP contribution in [0, 0.1) is 6.92 Å². The lowest BCUT2D eigenvalue weighted by Gasteiger charge is -2.28. The van der Waals surface area contributed by atoms with Crippen LogP contribution in [0.1, 0.15) is 24.0 Å². The number of pyridine rings is 1. The lowest BCUT2D eigenvalue weighted by Crippen LogP contribution is -2.36. The maximum atomic E-state index is 12.6. The molecule has 2 amide bonds. The molecule has 1 aliphatic heterocycles. The van der Waals surface area contributed by atoms with Crippen molar-refractivity contribution < 1.29 is 27.5 Å². The van der Waals surface area contributed by atoms with E-state index in [0.717, 1.165) is 47.5 Å². The number of hydrogen-bond acceptors (Lipinski definition) is 5. The number of nitrogens with zero attached hydrogens (tertiary/aromatic N) is 2. The average molecular weight is 486 g/mol. The van der Waals surface area contributed by atoms with Crippen LogP contribution in [0.25, 0.3) is 10.9 Å². The molecule has 1 aliphatic rings. The van der Waals surface area contributed by atoms with E-state index < -0.39 is 17.6 Å². The zero-order valence-corrected chi connectivity index (χ0v) is 19.1. The lowest BCUT2D eigenvalue weighted by atomic mass is 10.1. The summed E-state index contributed by atoms with van der Waals surface area (Å²) >= 11 is 0. The summed E-state index contributed by atoms with van der Waals surface area (Å²) in [7, 11) is 0. The molecule has 35 heavy (non-hydrogen) atoms. The van der Waals surface area contributed by atoms with Gasteiger partial charge in [0.2, 0.25) is 11.8 Å². The topological polar surface area (TPSA) is 83.6 Å². The van der Waals surface area contributed by atoms with Crippen LogP contribution in [-0.4, -0.2) is 43.1 Å². The predicted octanol–water partition coefficient (Wildman–Crippen LogP) is 4.76. The fourth-order valence-corrected chi connectivity index (χ4v) is 3.83. The van der Waals surface area contributed by atoms with Crippen molar-refractivity contribution in [3.8, 4) is 0 Å². The highest BCUT2D eigenvalue weighted by Gasteiger charge is 2.30. The molecule has 0 radical (unpaired) electrons. The lowest BCUT2D eigenvalue weighted by molar-refractivity contribution is -0.137. The second-order valence-electron chi connectivity index (χ2n) is 8.30. The molecule has 1 aromatic heterocycles. The van der Waals surface area contributed by atoms with Crippen molar-refractivity contribution in [2.75, 3.05) is 41.8 Å². The van der Waals surface area contributed by atoms with Crippen LogP contribution in [0.5, 0.6) is 0 Å². The van der Waals surface area contributed by atoms with E-state index in [4.69, 9.17) is 9.72 Å². The molecule has 0 spiro atoms. The summed E-state index contributed by atoms with van der Waals surface area (Å²) in [6.45, 7) is 4.92. The number of anilines is 3. The minimum atomic E-state index is -4.44. The molecule has 2 heterocycles. The first kappa shape index (κ1) is 24.5. The number of ether oxygens (including phenoxy) is 1. The molecule has 1 saturated heterocycles. The number of amides is 2. The number of aryl methyl sites for hydroxylation is 1. The molecule has 0 aliphatic carbocycles. The van der Waals surface area contributed by atoms with Gasteiger partial charge in [-0.25, -0.2) is 4.98 Å². The minimum absolute atomic E-state index is 0.0717. The number of carbonyl (C=O) groups is 2. The van der Waals surface area contributed by atoms with Gasteiger partial charge in [-0.05, 0) is 61.0 Å². The first-order chi connectivity index (χ1) is 16.7. The van der Waals surface area contributed by atoms with Crippen LogP contribution in [-0.2, 0) is 20.5 Å². The quantitative estimate of drug-likeness (QED) is 0.525. The van der Waals surface area contributed by atoms with Crippen LogP contribution >= 0.6 is 0 Å². The highest BCUT2D eigenvalue weighted by Crippen LogP contribution is 2.30. The number of carbonyl (C=O) groups excluding carboxylic acids is 2. The zero-order chi connectivity index (χ0) is 25.0. The summed E-state index contributed by atoms with van der Waals surface area (Å²) in [5, 5.41) is 6.20. The van der Waals surface area contributed by atoms with Crippen LogP contribution < -0.4 is 15.5 Å². The number of rotatable bonds is 6. The van der Waals surface area contributed by atoms with E-state index in [9.17, 15) is 22.8 Å². The molecule has 184 valence electrons. The standard InChI is InChI=1S/C25H25F3N4O3/c1-16-14-22(32-10-12-35-13-11-32)31-21-7-6-19(15-20(16)21)30-24(34)9-8-23(33)29-18-4-2-17(3-5-18)25(26,27)28/h2-7,14-15H,8-13H2,1H3,(H,29,33)(H,30,34). The molecule has 0 unspecified atom stereocenters. The van der Waals surface area contributed by atoms with E-state index in [1.54, 1.807) is 6.07 Å². The monoisotopic (exact) mass is 486 g/mol. The van der Waals surface area contributed by atoms with Gasteiger partial charge in [-0.2, -0.15) is 13.2 Å². The first-order valence-electron chi connectivity index (χ1n) is 11.2. The Hall–Kier alpha value is -3.66. The zero-order valence-electron chi connectivity index (χ0n) is 19.1. The van der Waals surface area contributed by atoms with E-state index in [1.807, 2.05) is 25.1 Å². The van der Waals surface area contributed by atoms with Gasteiger partial charge in [0.05, 0.1) is 24.3 Å². The van der Waals surface area contributed by atoms with Crippen molar-refractivity contribution in [3.05, 3.63) is 59.7 Å². The van der Waals surface area contributed by atoms with Gasteiger partial charge in [-0.3, -0.25) is 9.59 Å². The Morgan fingerprint density at radius 3 is 2.17 bits per heavy atom. The van der Waals surface area contributed by atoms with Crippen LogP contribution in [0.15, 0.2) is 48.5 Å². The summed E-state index contributed by atoms with van der Waals surface area (Å²) in [6, 6.07) is 11.6. The maximum absolute atomic E-state index is 12.6. The molecule has 10 heteroatoms. The van der Waals surface area contributed by atoms with Gasteiger partial charge < -0.3 is 20.3 Å². The van der Waals surface area contributed by atoms with E-state index >= 15 is 0 Å². The van der Waals surface area contributed by atoms with Crippen molar-refractivity contribution in [2.45, 2.75) is 25.9 Å². The summed E-state index contributed by atoms with van der Waals surface area (Å²) < 4.78 is 43.3. The highest BCUT2D eigenvalue weighted by molar-refractivity contribution is 5.98. The Bertz CT molecular complexity index is 1220. The Morgan fingerprint density at radius 2 is 1.54 bits per heavy atom. The van der Waals surface area contributed by atoms with Gasteiger partial charge in [-0.15, -0.1) is 0 Å². The van der Waals surface area contributed by atoms with Crippen molar-refractivity contribution in [1.82, 2.24) is 4.98 Å². The number of hydrogen-bond donors (Lipinski definition) is 2. The molecule has 2 N–H and O–H groups in total. The number of halogens is 3. The van der Waals surface area contributed by atoms with Crippen molar-refractivity contribution in [3.63, 3.8) is 0 Å². The largest absolute Gasteiger partial charge is 0.416 e. The number of morpholine rings is 1. The number of fused-ring (bicyclic) bond motifs is 1. The van der Waals surface area contributed by atoms with Gasteiger partial charge in [0.15, 0.2) is 0 Å². The predicted molar refractivity (Wildman–Crippen MR) is 127 cm³/mol. The Balaban J connectivity index is 1.32. The molecular weight excluding hydrogens is 461 g/mol. The van der Waals surface area contributed by atoms with Gasteiger partial charge in [0.1, 0.15) is 5.82 Å². The van der Waals surface area contributed by atoms with Gasteiger partial charge in [0, 0.05) is 42.7 Å². The fraction of sp³-hybridized carbons (Fsp3) is 0.320. The second-order valence-corrected chi connectivity index (χ2v) is 8.30. The molecule has 0 atom stereocenters. The van der Waals surface area contributed by atoms with Crippen molar-refractivity contribution >= 4 is 39.9 Å². The molecule has 2 aromatic carbocycles. The summed E-state index contributed by atoms with van der Waals surface area (Å²) in [4.78, 5) is 31.4. The number of benzene rings is 2. The first-order valence-corrected chi connectivity index (χ1v) is 11.2. The number of nitrogens with one attached hydrogen (secondary N) is 2. The summed E-state index contributed by atoms with van der Waals surface area (Å²) in [5.41, 5.74) is 1.88. The molecule has 7 nitrogen and oxygen atoms in total. The van der Waals surface area contributed by atoms with Crippen LogP contribution in [0.4, 0.5) is 30.4 Å². The number of aromatic nitrogens is 1. The van der Waals surface area contributed by atoms with Crippen LogP contribution in [0.3, 0.4) is 0 Å². The minimum Gasteiger partial charge on any atom is -0.378 e. The normalized spacial score (nSPS) is 14.1. The fourth-order valence-electron chi connectivity index (χ4n) is 3.83. The Kier molecular flexibility index (Phi) is 7.20.